The van der Waals surface area contributed by atoms with Gasteiger partial charge in [0.2, 0.25) is 15.9 Å². The number of halogens is 1. The van der Waals surface area contributed by atoms with Gasteiger partial charge in [-0.2, -0.15) is 4.31 Å². The zero-order chi connectivity index (χ0) is 25.4. The number of nitrogens with zero attached hydrogens (tertiary/aromatic N) is 2. The van der Waals surface area contributed by atoms with E-state index in [0.717, 1.165) is 12.8 Å². The second-order valence-corrected chi connectivity index (χ2v) is 10.6. The summed E-state index contributed by atoms with van der Waals surface area (Å²) in [6, 6.07) is 11.8. The molecule has 1 N–H and O–H groups in total. The van der Waals surface area contributed by atoms with Crippen molar-refractivity contribution >= 4 is 33.4 Å². The maximum absolute atomic E-state index is 13.6. The van der Waals surface area contributed by atoms with E-state index in [0.29, 0.717) is 42.2 Å². The van der Waals surface area contributed by atoms with Crippen LogP contribution in [0.2, 0.25) is 5.02 Å². The molecular formula is C26H30ClN3O4S. The first-order chi connectivity index (χ1) is 16.8. The van der Waals surface area contributed by atoms with Gasteiger partial charge in [-0.15, -0.1) is 13.2 Å². The van der Waals surface area contributed by atoms with Crippen molar-refractivity contribution in [3.8, 4) is 0 Å². The highest BCUT2D eigenvalue weighted by Gasteiger charge is 2.36. The maximum Gasteiger partial charge on any atom is 0.254 e. The number of benzene rings is 2. The van der Waals surface area contributed by atoms with Gasteiger partial charge in [0.1, 0.15) is 6.04 Å². The average Bonchev–Trinajstić information content (AvgIpc) is 3.06. The monoisotopic (exact) mass is 515 g/mol. The lowest BCUT2D eigenvalue weighted by Gasteiger charge is -2.29. The van der Waals surface area contributed by atoms with Crippen molar-refractivity contribution in [3.05, 3.63) is 90.0 Å². The molecule has 0 saturated carbocycles. The van der Waals surface area contributed by atoms with Crippen LogP contribution in [-0.4, -0.2) is 55.1 Å². The molecular weight excluding hydrogens is 486 g/mol. The highest BCUT2D eigenvalue weighted by Crippen LogP contribution is 2.26. The Morgan fingerprint density at radius 3 is 2.26 bits per heavy atom. The number of carbonyl (C=O) groups is 2. The van der Waals surface area contributed by atoms with E-state index in [1.807, 2.05) is 0 Å². The minimum absolute atomic E-state index is 0.0133. The lowest BCUT2D eigenvalue weighted by atomic mass is 10.1. The van der Waals surface area contributed by atoms with E-state index in [4.69, 9.17) is 11.6 Å². The summed E-state index contributed by atoms with van der Waals surface area (Å²) < 4.78 is 28.5. The molecule has 35 heavy (non-hydrogen) atoms. The molecule has 2 aromatic carbocycles. The number of sulfonamides is 1. The molecule has 1 fully saturated rings. The Morgan fingerprint density at radius 1 is 1.03 bits per heavy atom. The second-order valence-electron chi connectivity index (χ2n) is 8.29. The van der Waals surface area contributed by atoms with Crippen LogP contribution in [0.1, 0.15) is 35.2 Å². The maximum atomic E-state index is 13.6. The number of nitrogens with one attached hydrogen (secondary N) is 1. The molecule has 9 heteroatoms. The van der Waals surface area contributed by atoms with Crippen molar-refractivity contribution in [2.45, 2.75) is 36.7 Å². The summed E-state index contributed by atoms with van der Waals surface area (Å²) in [5.41, 5.74) is 1.13. The summed E-state index contributed by atoms with van der Waals surface area (Å²) in [7, 11) is -4.00. The highest BCUT2D eigenvalue weighted by molar-refractivity contribution is 7.89. The fraction of sp³-hybridized carbons (Fsp3) is 0.308. The highest BCUT2D eigenvalue weighted by atomic mass is 35.5. The summed E-state index contributed by atoms with van der Waals surface area (Å²) in [6.07, 6.45) is 5.24. The van der Waals surface area contributed by atoms with E-state index in [-0.39, 0.29) is 23.3 Å². The van der Waals surface area contributed by atoms with Crippen LogP contribution in [0.5, 0.6) is 0 Å². The fourth-order valence-corrected chi connectivity index (χ4v) is 5.70. The summed E-state index contributed by atoms with van der Waals surface area (Å²) in [6.45, 7) is 8.65. The Balaban J connectivity index is 1.92. The van der Waals surface area contributed by atoms with Gasteiger partial charge in [-0.1, -0.05) is 35.9 Å². The molecule has 1 atom stereocenters. The normalized spacial score (nSPS) is 16.3. The van der Waals surface area contributed by atoms with Crippen molar-refractivity contribution in [3.63, 3.8) is 0 Å². The summed E-state index contributed by atoms with van der Waals surface area (Å²) in [4.78, 5) is 27.3. The standard InChI is InChI=1S/C26H30ClN3O4S/c1-3-17-29(18-4-2)26(32)21-10-8-20(9-11-21)19-30(24-7-5-6-16-28-25(24)31)35(33,34)23-14-12-22(27)13-15-23/h3-4,8-15,24H,1-2,5-7,16-19H2,(H,28,31)/t24-/m1/s1. The van der Waals surface area contributed by atoms with Crippen LogP contribution in [0.3, 0.4) is 0 Å². The molecule has 0 spiro atoms. The van der Waals surface area contributed by atoms with Gasteiger partial charge in [0.15, 0.2) is 0 Å². The number of carbonyl (C=O) groups excluding carboxylic acids is 2. The predicted molar refractivity (Wildman–Crippen MR) is 138 cm³/mol. The quantitative estimate of drug-likeness (QED) is 0.484. The van der Waals surface area contributed by atoms with E-state index < -0.39 is 16.1 Å². The zero-order valence-electron chi connectivity index (χ0n) is 19.5. The van der Waals surface area contributed by atoms with E-state index in [2.05, 4.69) is 18.5 Å². The molecule has 0 radical (unpaired) electrons. The number of amides is 2. The van der Waals surface area contributed by atoms with Crippen LogP contribution in [0.4, 0.5) is 0 Å². The molecule has 1 aliphatic heterocycles. The van der Waals surface area contributed by atoms with Gasteiger partial charge in [-0.3, -0.25) is 9.59 Å². The molecule has 0 aliphatic carbocycles. The number of rotatable bonds is 10. The minimum atomic E-state index is -4.00. The Hall–Kier alpha value is -2.94. The molecule has 1 aliphatic rings. The fourth-order valence-electron chi connectivity index (χ4n) is 3.97. The van der Waals surface area contributed by atoms with E-state index in [1.54, 1.807) is 41.3 Å². The molecule has 3 rings (SSSR count). The Labute approximate surface area is 212 Å². The van der Waals surface area contributed by atoms with Crippen molar-refractivity contribution in [1.82, 2.24) is 14.5 Å². The van der Waals surface area contributed by atoms with Gasteiger partial charge in [-0.25, -0.2) is 8.42 Å². The molecule has 7 nitrogen and oxygen atoms in total. The summed E-state index contributed by atoms with van der Waals surface area (Å²) in [5.74, 6) is -0.485. The molecule has 2 aromatic rings. The van der Waals surface area contributed by atoms with Crippen molar-refractivity contribution in [2.75, 3.05) is 19.6 Å². The van der Waals surface area contributed by atoms with Crippen LogP contribution >= 0.6 is 11.6 Å². The van der Waals surface area contributed by atoms with Crippen LogP contribution in [0.25, 0.3) is 0 Å². The Kier molecular flexibility index (Phi) is 9.26. The van der Waals surface area contributed by atoms with E-state index in [1.165, 1.54) is 28.6 Å². The lowest BCUT2D eigenvalue weighted by Crippen LogP contribution is -2.48. The smallest absolute Gasteiger partial charge is 0.254 e. The predicted octanol–water partition coefficient (Wildman–Crippen LogP) is 4.01. The first-order valence-electron chi connectivity index (χ1n) is 11.4. The molecule has 1 saturated heterocycles. The topological polar surface area (TPSA) is 86.8 Å². The van der Waals surface area contributed by atoms with Crippen molar-refractivity contribution < 1.29 is 18.0 Å². The van der Waals surface area contributed by atoms with Crippen molar-refractivity contribution in [2.24, 2.45) is 0 Å². The number of hydrogen-bond acceptors (Lipinski definition) is 4. The van der Waals surface area contributed by atoms with Crippen molar-refractivity contribution in [1.29, 1.82) is 0 Å². The van der Waals surface area contributed by atoms with E-state index >= 15 is 0 Å². The summed E-state index contributed by atoms with van der Waals surface area (Å²) >= 11 is 5.95. The van der Waals surface area contributed by atoms with Gasteiger partial charge in [0.25, 0.3) is 5.91 Å². The first-order valence-corrected chi connectivity index (χ1v) is 13.2. The minimum Gasteiger partial charge on any atom is -0.355 e. The SMILES string of the molecule is C=CCN(CC=C)C(=O)c1ccc(CN([C@@H]2CCCCNC2=O)S(=O)(=O)c2ccc(Cl)cc2)cc1. The molecule has 0 bridgehead atoms. The third-order valence-electron chi connectivity index (χ3n) is 5.80. The molecule has 186 valence electrons. The molecule has 0 aromatic heterocycles. The van der Waals surface area contributed by atoms with Crippen LogP contribution in [0, 0.1) is 0 Å². The largest absolute Gasteiger partial charge is 0.355 e. The van der Waals surface area contributed by atoms with Gasteiger partial charge in [-0.05, 0) is 61.2 Å². The molecule has 2 amide bonds. The van der Waals surface area contributed by atoms with E-state index in [9.17, 15) is 18.0 Å². The Bertz CT molecular complexity index is 1150. The second kappa shape index (κ2) is 12.2. The van der Waals surface area contributed by atoms with Gasteiger partial charge in [0.05, 0.1) is 4.90 Å². The van der Waals surface area contributed by atoms with Crippen LogP contribution in [-0.2, 0) is 21.4 Å². The van der Waals surface area contributed by atoms with Gasteiger partial charge < -0.3 is 10.2 Å². The first kappa shape index (κ1) is 26.7. The van der Waals surface area contributed by atoms with Gasteiger partial charge >= 0.3 is 0 Å². The zero-order valence-corrected chi connectivity index (χ0v) is 21.1. The van der Waals surface area contributed by atoms with Crippen LogP contribution in [0.15, 0.2) is 78.7 Å². The van der Waals surface area contributed by atoms with Gasteiger partial charge in [0, 0.05) is 36.8 Å². The molecule has 1 heterocycles. The average molecular weight is 516 g/mol. The van der Waals surface area contributed by atoms with Crippen LogP contribution < -0.4 is 5.32 Å². The number of hydrogen-bond donors (Lipinski definition) is 1. The third-order valence-corrected chi connectivity index (χ3v) is 7.92. The molecule has 0 unspecified atom stereocenters. The summed E-state index contributed by atoms with van der Waals surface area (Å²) in [5, 5.41) is 3.24. The third kappa shape index (κ3) is 6.60. The lowest BCUT2D eigenvalue weighted by molar-refractivity contribution is -0.124. The Morgan fingerprint density at radius 2 is 1.66 bits per heavy atom.